The van der Waals surface area contributed by atoms with E-state index in [1.165, 1.54) is 12.1 Å². The normalized spacial score (nSPS) is 11.7. The minimum atomic E-state index is -0.592. The van der Waals surface area contributed by atoms with Gasteiger partial charge in [0.05, 0.1) is 17.1 Å². The topological polar surface area (TPSA) is 76.0 Å². The number of benzene rings is 2. The van der Waals surface area contributed by atoms with Crippen LogP contribution in [0.3, 0.4) is 0 Å². The summed E-state index contributed by atoms with van der Waals surface area (Å²) in [6.07, 6.45) is 3.36. The molecule has 0 saturated heterocycles. The van der Waals surface area contributed by atoms with E-state index in [-0.39, 0.29) is 17.9 Å². The molecule has 6 nitrogen and oxygen atoms in total. The van der Waals surface area contributed by atoms with Crippen molar-refractivity contribution in [2.75, 3.05) is 6.54 Å². The Morgan fingerprint density at radius 1 is 1.18 bits per heavy atom. The number of aryl methyl sites for hydroxylation is 1. The van der Waals surface area contributed by atoms with Crippen molar-refractivity contribution < 1.29 is 14.0 Å². The van der Waals surface area contributed by atoms with Crippen LogP contribution < -0.4 is 10.6 Å². The maximum absolute atomic E-state index is 13.3. The smallest absolute Gasteiger partial charge is 0.253 e. The standard InChI is InChI=1S/C20H18ClFN4O2/c1-26-11-10-23-19(26)18(13-6-8-14(22)9-7-13)25-17(27)12-24-20(28)15-4-2-3-5-16(15)21/h2-11,18H,12H2,1H3,(H,24,28)(H,25,27)/t18-/m1/s1. The first-order chi connectivity index (χ1) is 13.5. The molecule has 0 spiro atoms. The molecule has 1 atom stereocenters. The van der Waals surface area contributed by atoms with E-state index in [4.69, 9.17) is 11.6 Å². The first-order valence-electron chi connectivity index (χ1n) is 8.50. The summed E-state index contributed by atoms with van der Waals surface area (Å²) in [5.74, 6) is -0.660. The molecule has 144 valence electrons. The van der Waals surface area contributed by atoms with Gasteiger partial charge >= 0.3 is 0 Å². The minimum absolute atomic E-state index is 0.244. The average molecular weight is 401 g/mol. The third-order valence-corrected chi connectivity index (χ3v) is 4.48. The van der Waals surface area contributed by atoms with Crippen molar-refractivity contribution in [1.29, 1.82) is 0 Å². The second-order valence-electron chi connectivity index (χ2n) is 6.11. The number of amides is 2. The van der Waals surface area contributed by atoms with Crippen LogP contribution in [0.2, 0.25) is 5.02 Å². The number of imidazole rings is 1. The predicted molar refractivity (Wildman–Crippen MR) is 103 cm³/mol. The summed E-state index contributed by atoms with van der Waals surface area (Å²) in [6, 6.07) is 11.8. The van der Waals surface area contributed by atoms with Crippen molar-refractivity contribution in [2.45, 2.75) is 6.04 Å². The molecule has 3 aromatic rings. The second-order valence-corrected chi connectivity index (χ2v) is 6.52. The van der Waals surface area contributed by atoms with E-state index in [1.54, 1.807) is 60.4 Å². The fourth-order valence-electron chi connectivity index (χ4n) is 2.72. The molecule has 0 unspecified atom stereocenters. The van der Waals surface area contributed by atoms with E-state index in [0.717, 1.165) is 0 Å². The molecule has 0 bridgehead atoms. The lowest BCUT2D eigenvalue weighted by molar-refractivity contribution is -0.120. The quantitative estimate of drug-likeness (QED) is 0.668. The van der Waals surface area contributed by atoms with Gasteiger partial charge in [-0.2, -0.15) is 0 Å². The summed E-state index contributed by atoms with van der Waals surface area (Å²) in [7, 11) is 1.80. The molecule has 1 heterocycles. The molecule has 1 aromatic heterocycles. The highest BCUT2D eigenvalue weighted by Crippen LogP contribution is 2.20. The van der Waals surface area contributed by atoms with Gasteiger partial charge in [0.15, 0.2) is 0 Å². The lowest BCUT2D eigenvalue weighted by Gasteiger charge is -2.19. The Bertz CT molecular complexity index is 988. The van der Waals surface area contributed by atoms with Crippen LogP contribution in [0.15, 0.2) is 60.9 Å². The number of halogens is 2. The Balaban J connectivity index is 1.71. The zero-order valence-corrected chi connectivity index (χ0v) is 15.8. The molecule has 0 aliphatic rings. The Morgan fingerprint density at radius 3 is 2.54 bits per heavy atom. The van der Waals surface area contributed by atoms with Crippen LogP contribution >= 0.6 is 11.6 Å². The monoisotopic (exact) mass is 400 g/mol. The molecule has 0 saturated carbocycles. The summed E-state index contributed by atoms with van der Waals surface area (Å²) >= 11 is 5.99. The highest BCUT2D eigenvalue weighted by Gasteiger charge is 2.21. The molecule has 8 heteroatoms. The Kier molecular flexibility index (Phi) is 6.06. The molecule has 0 fully saturated rings. The van der Waals surface area contributed by atoms with Gasteiger partial charge in [-0.25, -0.2) is 9.37 Å². The zero-order chi connectivity index (χ0) is 20.1. The Hall–Kier alpha value is -3.19. The minimum Gasteiger partial charge on any atom is -0.343 e. The predicted octanol–water partition coefficient (Wildman–Crippen LogP) is 2.85. The van der Waals surface area contributed by atoms with Crippen LogP contribution in [-0.2, 0) is 11.8 Å². The molecule has 0 radical (unpaired) electrons. The number of hydrogen-bond donors (Lipinski definition) is 2. The van der Waals surface area contributed by atoms with Gasteiger partial charge in [0, 0.05) is 19.4 Å². The second kappa shape index (κ2) is 8.67. The summed E-state index contributed by atoms with van der Waals surface area (Å²) in [5.41, 5.74) is 0.956. The van der Waals surface area contributed by atoms with E-state index in [2.05, 4.69) is 15.6 Å². The molecule has 0 aliphatic heterocycles. The zero-order valence-electron chi connectivity index (χ0n) is 15.0. The molecule has 3 rings (SSSR count). The molecule has 28 heavy (non-hydrogen) atoms. The number of hydrogen-bond acceptors (Lipinski definition) is 3. The summed E-state index contributed by atoms with van der Waals surface area (Å²) in [6.45, 7) is -0.244. The third-order valence-electron chi connectivity index (χ3n) is 4.15. The van der Waals surface area contributed by atoms with E-state index in [9.17, 15) is 14.0 Å². The first kappa shape index (κ1) is 19.6. The molecular weight excluding hydrogens is 383 g/mol. The van der Waals surface area contributed by atoms with Crippen LogP contribution in [0.5, 0.6) is 0 Å². The van der Waals surface area contributed by atoms with Gasteiger partial charge in [0.25, 0.3) is 5.91 Å². The molecule has 2 amide bonds. The van der Waals surface area contributed by atoms with Crippen molar-refractivity contribution in [3.8, 4) is 0 Å². The Morgan fingerprint density at radius 2 is 1.89 bits per heavy atom. The van der Waals surface area contributed by atoms with Crippen molar-refractivity contribution in [3.05, 3.63) is 88.7 Å². The Labute approximate surface area is 166 Å². The summed E-state index contributed by atoms with van der Waals surface area (Å²) in [4.78, 5) is 28.9. The van der Waals surface area contributed by atoms with Crippen LogP contribution in [-0.4, -0.2) is 27.9 Å². The fourth-order valence-corrected chi connectivity index (χ4v) is 2.94. The third kappa shape index (κ3) is 4.55. The van der Waals surface area contributed by atoms with Gasteiger partial charge < -0.3 is 15.2 Å². The van der Waals surface area contributed by atoms with E-state index < -0.39 is 17.9 Å². The van der Waals surface area contributed by atoms with Gasteiger partial charge in [-0.3, -0.25) is 9.59 Å². The van der Waals surface area contributed by atoms with Crippen LogP contribution in [0.25, 0.3) is 0 Å². The maximum atomic E-state index is 13.3. The van der Waals surface area contributed by atoms with Gasteiger partial charge in [0.1, 0.15) is 17.7 Å². The fraction of sp³-hybridized carbons (Fsp3) is 0.150. The van der Waals surface area contributed by atoms with Crippen molar-refractivity contribution in [2.24, 2.45) is 7.05 Å². The average Bonchev–Trinajstić information content (AvgIpc) is 3.11. The lowest BCUT2D eigenvalue weighted by atomic mass is 10.1. The van der Waals surface area contributed by atoms with Gasteiger partial charge in [-0.1, -0.05) is 35.9 Å². The number of nitrogens with one attached hydrogen (secondary N) is 2. The number of nitrogens with zero attached hydrogens (tertiary/aromatic N) is 2. The number of aromatic nitrogens is 2. The molecule has 0 aliphatic carbocycles. The molecular formula is C20H18ClFN4O2. The molecule has 2 aromatic carbocycles. The first-order valence-corrected chi connectivity index (χ1v) is 8.88. The number of carbonyl (C=O) groups is 2. The van der Waals surface area contributed by atoms with Crippen molar-refractivity contribution in [3.63, 3.8) is 0 Å². The number of carbonyl (C=O) groups excluding carboxylic acids is 2. The van der Waals surface area contributed by atoms with Crippen LogP contribution in [0.1, 0.15) is 27.8 Å². The van der Waals surface area contributed by atoms with E-state index in [0.29, 0.717) is 16.4 Å². The molecule has 2 N–H and O–H groups in total. The summed E-state index contributed by atoms with van der Waals surface area (Å²) < 4.78 is 15.0. The van der Waals surface area contributed by atoms with Gasteiger partial charge in [-0.05, 0) is 29.8 Å². The van der Waals surface area contributed by atoms with Crippen LogP contribution in [0, 0.1) is 5.82 Å². The number of rotatable bonds is 6. The maximum Gasteiger partial charge on any atom is 0.253 e. The lowest BCUT2D eigenvalue weighted by Crippen LogP contribution is -2.39. The van der Waals surface area contributed by atoms with E-state index >= 15 is 0 Å². The summed E-state index contributed by atoms with van der Waals surface area (Å²) in [5, 5.41) is 5.67. The van der Waals surface area contributed by atoms with Gasteiger partial charge in [-0.15, -0.1) is 0 Å². The van der Waals surface area contributed by atoms with Crippen molar-refractivity contribution in [1.82, 2.24) is 20.2 Å². The van der Waals surface area contributed by atoms with Crippen LogP contribution in [0.4, 0.5) is 4.39 Å². The van der Waals surface area contributed by atoms with E-state index in [1.807, 2.05) is 0 Å². The highest BCUT2D eigenvalue weighted by atomic mass is 35.5. The largest absolute Gasteiger partial charge is 0.343 e. The van der Waals surface area contributed by atoms with Gasteiger partial charge in [0.2, 0.25) is 5.91 Å². The highest BCUT2D eigenvalue weighted by molar-refractivity contribution is 6.33. The SMILES string of the molecule is Cn1ccnc1[C@H](NC(=O)CNC(=O)c1ccccc1Cl)c1ccc(F)cc1. The van der Waals surface area contributed by atoms with Crippen molar-refractivity contribution >= 4 is 23.4 Å².